The van der Waals surface area contributed by atoms with Gasteiger partial charge in [0.1, 0.15) is 18.4 Å². The molecule has 11 N–H and O–H groups in total. The van der Waals surface area contributed by atoms with E-state index in [2.05, 4.69) is 5.32 Å². The van der Waals surface area contributed by atoms with Crippen molar-refractivity contribution in [3.63, 3.8) is 0 Å². The Balaban J connectivity index is 1.67. The van der Waals surface area contributed by atoms with E-state index >= 15 is 0 Å². The van der Waals surface area contributed by atoms with Gasteiger partial charge in [0.25, 0.3) is 0 Å². The molecule has 0 saturated carbocycles. The summed E-state index contributed by atoms with van der Waals surface area (Å²) in [6.07, 6.45) is -2.21. The van der Waals surface area contributed by atoms with Crippen LogP contribution in [0.2, 0.25) is 0 Å². The van der Waals surface area contributed by atoms with E-state index in [0.717, 1.165) is 16.7 Å². The number of ketones is 1. The topological polar surface area (TPSA) is 270 Å². The highest BCUT2D eigenvalue weighted by atomic mass is 16.7. The second kappa shape index (κ2) is 16.5. The number of aryl methyl sites for hydroxylation is 2. The molecule has 0 aromatic heterocycles. The molecule has 1 aliphatic rings. The summed E-state index contributed by atoms with van der Waals surface area (Å²) in [6, 6.07) is 16.1. The van der Waals surface area contributed by atoms with Gasteiger partial charge in [-0.3, -0.25) is 19.8 Å². The first-order chi connectivity index (χ1) is 25.1. The second-order valence-electron chi connectivity index (χ2n) is 14.1. The zero-order valence-corrected chi connectivity index (χ0v) is 30.3. The summed E-state index contributed by atoms with van der Waals surface area (Å²) in [7, 11) is 0. The molecule has 0 bridgehead atoms. The van der Waals surface area contributed by atoms with Crippen LogP contribution in [0.15, 0.2) is 78.9 Å². The SMILES string of the molecule is Cc1cccc(C)c1OCC(=O)CC(Cc1ccccc1)C(O)CC(NC(=O)C(C(C)C)N1C(=O)NC(O)(O)C(O)(O)C1(O)O)C(O)(O)c1ccccc1. The van der Waals surface area contributed by atoms with Crippen molar-refractivity contribution in [2.45, 2.75) is 88.5 Å². The van der Waals surface area contributed by atoms with E-state index in [0.29, 0.717) is 5.75 Å². The molecule has 4 rings (SSSR count). The fraction of sp³-hybridized carbons (Fsp3) is 0.447. The van der Waals surface area contributed by atoms with Crippen LogP contribution in [0.5, 0.6) is 5.75 Å². The number of urea groups is 1. The van der Waals surface area contributed by atoms with Crippen LogP contribution < -0.4 is 15.4 Å². The van der Waals surface area contributed by atoms with Gasteiger partial charge >= 0.3 is 23.6 Å². The number of nitrogens with zero attached hydrogens (tertiary/aromatic N) is 1. The maximum absolute atomic E-state index is 14.1. The number of hydrogen-bond acceptors (Lipinski definition) is 13. The van der Waals surface area contributed by atoms with Gasteiger partial charge in [0.05, 0.1) is 12.1 Å². The van der Waals surface area contributed by atoms with Gasteiger partial charge in [0.2, 0.25) is 11.7 Å². The minimum atomic E-state index is -4.28. The smallest absolute Gasteiger partial charge is 0.326 e. The Morgan fingerprint density at radius 2 is 1.43 bits per heavy atom. The fourth-order valence-corrected chi connectivity index (χ4v) is 6.57. The molecule has 1 saturated heterocycles. The van der Waals surface area contributed by atoms with Crippen LogP contribution in [-0.4, -0.2) is 111 Å². The number of carbonyl (C=O) groups is 3. The van der Waals surface area contributed by atoms with E-state index in [-0.39, 0.29) is 35.7 Å². The van der Waals surface area contributed by atoms with Crippen molar-refractivity contribution in [3.05, 3.63) is 101 Å². The first-order valence-corrected chi connectivity index (χ1v) is 17.3. The highest BCUT2D eigenvalue weighted by Gasteiger charge is 2.72. The number of aliphatic hydroxyl groups is 9. The molecule has 16 nitrogen and oxygen atoms in total. The van der Waals surface area contributed by atoms with Crippen molar-refractivity contribution in [2.75, 3.05) is 6.61 Å². The molecule has 16 heteroatoms. The molecule has 0 radical (unpaired) electrons. The van der Waals surface area contributed by atoms with Gasteiger partial charge in [0.15, 0.2) is 5.78 Å². The van der Waals surface area contributed by atoms with Gasteiger partial charge in [0, 0.05) is 12.0 Å². The third-order valence-electron chi connectivity index (χ3n) is 9.61. The van der Waals surface area contributed by atoms with Crippen LogP contribution in [0.1, 0.15) is 48.9 Å². The third-order valence-corrected chi connectivity index (χ3v) is 9.61. The highest BCUT2D eigenvalue weighted by molar-refractivity contribution is 5.88. The van der Waals surface area contributed by atoms with E-state index in [1.807, 2.05) is 32.0 Å². The van der Waals surface area contributed by atoms with Crippen LogP contribution in [0, 0.1) is 25.7 Å². The van der Waals surface area contributed by atoms with Gasteiger partial charge in [-0.15, -0.1) is 0 Å². The molecule has 1 fully saturated rings. The molecule has 3 aromatic carbocycles. The Kier molecular flexibility index (Phi) is 12.9. The maximum Gasteiger partial charge on any atom is 0.326 e. The minimum absolute atomic E-state index is 0.134. The molecule has 4 unspecified atom stereocenters. The lowest BCUT2D eigenvalue weighted by Crippen LogP contribution is -2.86. The standard InChI is InChI=1S/C38H49N3O13/c1-22(2)31(41-34(45)40-37(50,51)36(48,49)38(41,52)53)33(44)39-30(35(46,47)27-16-9-6-10-17-27)20-29(43)26(18-25-14-7-5-8-15-25)19-28(42)21-54-32-23(3)12-11-13-24(32)4/h5-17,22,26,29-31,43,46-53H,18-21H2,1-4H3,(H,39,44)(H,40,45). The van der Waals surface area contributed by atoms with Crippen molar-refractivity contribution in [3.8, 4) is 5.75 Å². The summed E-state index contributed by atoms with van der Waals surface area (Å²) < 4.78 is 5.85. The predicted octanol–water partition coefficient (Wildman–Crippen LogP) is -0.419. The Bertz CT molecular complexity index is 1750. The van der Waals surface area contributed by atoms with Crippen LogP contribution in [0.25, 0.3) is 0 Å². The number of Topliss-reactive ketones (excluding diaryl/α,β-unsaturated/α-hetero) is 1. The Hall–Kier alpha value is -4.49. The number of rotatable bonds is 16. The number of ether oxygens (including phenoxy) is 1. The molecule has 294 valence electrons. The summed E-state index contributed by atoms with van der Waals surface area (Å²) in [4.78, 5) is 40.3. The number of para-hydroxylation sites is 1. The molecule has 0 spiro atoms. The monoisotopic (exact) mass is 755 g/mol. The average Bonchev–Trinajstić information content (AvgIpc) is 3.09. The molecule has 3 aromatic rings. The van der Waals surface area contributed by atoms with Crippen molar-refractivity contribution in [1.29, 1.82) is 0 Å². The number of nitrogens with one attached hydrogen (secondary N) is 2. The lowest BCUT2D eigenvalue weighted by Gasteiger charge is -2.53. The van der Waals surface area contributed by atoms with Gasteiger partial charge in [-0.2, -0.15) is 0 Å². The largest absolute Gasteiger partial charge is 0.485 e. The van der Waals surface area contributed by atoms with Crippen molar-refractivity contribution >= 4 is 17.7 Å². The Labute approximate surface area is 311 Å². The van der Waals surface area contributed by atoms with Gasteiger partial charge in [-0.05, 0) is 55.2 Å². The summed E-state index contributed by atoms with van der Waals surface area (Å²) in [5, 5.41) is 101. The van der Waals surface area contributed by atoms with Gasteiger partial charge in [-0.25, -0.2) is 4.79 Å². The summed E-state index contributed by atoms with van der Waals surface area (Å²) in [5.41, 5.74) is 2.25. The van der Waals surface area contributed by atoms with E-state index in [1.165, 1.54) is 43.4 Å². The zero-order valence-electron chi connectivity index (χ0n) is 30.3. The first-order valence-electron chi connectivity index (χ1n) is 17.3. The van der Waals surface area contributed by atoms with E-state index in [1.54, 1.807) is 36.4 Å². The van der Waals surface area contributed by atoms with Crippen molar-refractivity contribution < 1.29 is 65.1 Å². The second-order valence-corrected chi connectivity index (χ2v) is 14.1. The van der Waals surface area contributed by atoms with E-state index in [9.17, 15) is 60.3 Å². The molecule has 3 amide bonds. The fourth-order valence-electron chi connectivity index (χ4n) is 6.57. The number of aliphatic hydroxyl groups excluding tert-OH is 1. The summed E-state index contributed by atoms with van der Waals surface area (Å²) in [5.74, 6) is -18.5. The molecule has 4 atom stereocenters. The third kappa shape index (κ3) is 8.89. The molecule has 1 heterocycles. The average molecular weight is 756 g/mol. The van der Waals surface area contributed by atoms with Crippen LogP contribution >= 0.6 is 0 Å². The Morgan fingerprint density at radius 3 is 1.98 bits per heavy atom. The minimum Gasteiger partial charge on any atom is -0.485 e. The maximum atomic E-state index is 14.1. The molecule has 0 aliphatic carbocycles. The predicted molar refractivity (Wildman–Crippen MR) is 190 cm³/mol. The molecular weight excluding hydrogens is 706 g/mol. The first kappa shape index (κ1) is 42.3. The lowest BCUT2D eigenvalue weighted by molar-refractivity contribution is -0.496. The normalized spacial score (nSPS) is 18.6. The summed E-state index contributed by atoms with van der Waals surface area (Å²) >= 11 is 0. The van der Waals surface area contributed by atoms with Crippen LogP contribution in [-0.2, 0) is 21.8 Å². The quantitative estimate of drug-likeness (QED) is 0.0831. The zero-order chi connectivity index (χ0) is 40.2. The number of hydrogen-bond donors (Lipinski definition) is 11. The van der Waals surface area contributed by atoms with Crippen molar-refractivity contribution in [2.24, 2.45) is 11.8 Å². The Morgan fingerprint density at radius 1 is 0.870 bits per heavy atom. The number of amides is 3. The lowest BCUT2D eigenvalue weighted by atomic mass is 9.83. The molecule has 1 aliphatic heterocycles. The van der Waals surface area contributed by atoms with Crippen LogP contribution in [0.4, 0.5) is 4.79 Å². The van der Waals surface area contributed by atoms with Crippen molar-refractivity contribution in [1.82, 2.24) is 15.5 Å². The molecule has 54 heavy (non-hydrogen) atoms. The highest BCUT2D eigenvalue weighted by Crippen LogP contribution is 2.37. The van der Waals surface area contributed by atoms with E-state index in [4.69, 9.17) is 4.74 Å². The molecular formula is C38H49N3O13. The summed E-state index contributed by atoms with van der Waals surface area (Å²) in [6.45, 7) is 6.02. The van der Waals surface area contributed by atoms with Crippen LogP contribution in [0.3, 0.4) is 0 Å². The number of carbonyl (C=O) groups excluding carboxylic acids is 3. The number of benzene rings is 3. The van der Waals surface area contributed by atoms with E-state index < -0.39 is 71.8 Å². The van der Waals surface area contributed by atoms with Gasteiger partial charge in [-0.1, -0.05) is 92.7 Å². The van der Waals surface area contributed by atoms with Gasteiger partial charge < -0.3 is 56.0 Å².